The Kier molecular flexibility index (Phi) is 6.10. The molecule has 1 amide bonds. The molecule has 4 rings (SSSR count). The van der Waals surface area contributed by atoms with Gasteiger partial charge in [-0.15, -0.1) is 0 Å². The van der Waals surface area contributed by atoms with E-state index in [0.717, 1.165) is 46.9 Å². The van der Waals surface area contributed by atoms with Crippen LogP contribution in [0.5, 0.6) is 0 Å². The summed E-state index contributed by atoms with van der Waals surface area (Å²) in [7, 11) is 0. The summed E-state index contributed by atoms with van der Waals surface area (Å²) in [6, 6.07) is 7.32. The van der Waals surface area contributed by atoms with Crippen LogP contribution >= 0.6 is 35.0 Å². The Bertz CT molecular complexity index is 1170. The van der Waals surface area contributed by atoms with E-state index in [1.807, 2.05) is 36.6 Å². The number of nitrogens with one attached hydrogen (secondary N) is 1. The number of rotatable bonds is 5. The molecule has 1 N–H and O–H groups in total. The van der Waals surface area contributed by atoms with Gasteiger partial charge in [0.25, 0.3) is 5.91 Å². The number of nitrogens with zero attached hydrogens (tertiary/aromatic N) is 4. The van der Waals surface area contributed by atoms with Gasteiger partial charge in [-0.1, -0.05) is 36.5 Å². The van der Waals surface area contributed by atoms with Gasteiger partial charge in [0, 0.05) is 27.1 Å². The van der Waals surface area contributed by atoms with E-state index >= 15 is 0 Å². The average molecular weight is 474 g/mol. The lowest BCUT2D eigenvalue weighted by Crippen LogP contribution is -2.35. The Morgan fingerprint density at radius 2 is 1.87 bits per heavy atom. The monoisotopic (exact) mass is 473 g/mol. The quantitative estimate of drug-likeness (QED) is 0.524. The van der Waals surface area contributed by atoms with Gasteiger partial charge in [-0.25, -0.2) is 0 Å². The van der Waals surface area contributed by atoms with Crippen LogP contribution in [0.1, 0.15) is 43.1 Å². The van der Waals surface area contributed by atoms with Crippen molar-refractivity contribution in [2.24, 2.45) is 10.1 Å². The highest BCUT2D eigenvalue weighted by atomic mass is 35.5. The standard InChI is InChI=1S/C22H21Cl2N5OS/c1-4-5-6-19-27-29-20(25)18(21(30)26-22(29)31-19)8-14-7-12(2)28(13(14)3)17-10-15(23)9-16(24)11-17/h7-11,25H,4-6H2,1-3H3/b18-8+,25-20?. The van der Waals surface area contributed by atoms with Crippen LogP contribution in [0.15, 0.2) is 39.9 Å². The van der Waals surface area contributed by atoms with Gasteiger partial charge in [-0.2, -0.15) is 15.1 Å². The molecule has 160 valence electrons. The van der Waals surface area contributed by atoms with Gasteiger partial charge in [0.05, 0.1) is 5.57 Å². The van der Waals surface area contributed by atoms with E-state index in [2.05, 4.69) is 17.0 Å². The van der Waals surface area contributed by atoms with E-state index in [0.29, 0.717) is 15.2 Å². The molecule has 9 heteroatoms. The van der Waals surface area contributed by atoms with Crippen molar-refractivity contribution in [3.05, 3.63) is 56.8 Å². The highest BCUT2D eigenvalue weighted by Gasteiger charge is 2.35. The third-order valence-electron chi connectivity index (χ3n) is 5.12. The van der Waals surface area contributed by atoms with Crippen LogP contribution in [-0.2, 0) is 4.79 Å². The van der Waals surface area contributed by atoms with Crippen LogP contribution < -0.4 is 0 Å². The maximum absolute atomic E-state index is 12.7. The predicted octanol–water partition coefficient (Wildman–Crippen LogP) is 6.21. The molecule has 0 aliphatic carbocycles. The van der Waals surface area contributed by atoms with E-state index in [4.69, 9.17) is 28.6 Å². The molecule has 3 heterocycles. The lowest BCUT2D eigenvalue weighted by molar-refractivity contribution is -0.114. The highest BCUT2D eigenvalue weighted by Crippen LogP contribution is 2.32. The summed E-state index contributed by atoms with van der Waals surface area (Å²) in [4.78, 5) is 16.9. The summed E-state index contributed by atoms with van der Waals surface area (Å²) < 4.78 is 2.02. The first kappa shape index (κ1) is 21.9. The average Bonchev–Trinajstić information content (AvgIpc) is 3.22. The van der Waals surface area contributed by atoms with Crippen LogP contribution in [0.25, 0.3) is 11.8 Å². The Balaban J connectivity index is 1.70. The summed E-state index contributed by atoms with van der Waals surface area (Å²) in [6.45, 7) is 6.03. The number of unbranched alkanes of at least 4 members (excludes halogenated alkanes) is 1. The number of aliphatic imine (C=N–C) groups is 1. The zero-order valence-electron chi connectivity index (χ0n) is 17.4. The number of hydrazone groups is 1. The van der Waals surface area contributed by atoms with Crippen molar-refractivity contribution < 1.29 is 4.79 Å². The normalized spacial score (nSPS) is 17.3. The molecule has 6 nitrogen and oxygen atoms in total. The molecular formula is C22H21Cl2N5OS. The summed E-state index contributed by atoms with van der Waals surface area (Å²) in [5.74, 6) is -0.379. The van der Waals surface area contributed by atoms with Gasteiger partial charge in [0.15, 0.2) is 5.84 Å². The third-order valence-corrected chi connectivity index (χ3v) is 6.52. The molecule has 2 aliphatic rings. The lowest BCUT2D eigenvalue weighted by Gasteiger charge is -2.20. The minimum atomic E-state index is -0.425. The summed E-state index contributed by atoms with van der Waals surface area (Å²) in [5.41, 5.74) is 3.74. The minimum absolute atomic E-state index is 0.0459. The predicted molar refractivity (Wildman–Crippen MR) is 130 cm³/mol. The lowest BCUT2D eigenvalue weighted by atomic mass is 10.1. The first-order chi connectivity index (χ1) is 14.8. The second-order valence-electron chi connectivity index (χ2n) is 7.41. The molecule has 31 heavy (non-hydrogen) atoms. The zero-order chi connectivity index (χ0) is 22.3. The topological polar surface area (TPSA) is 73.8 Å². The van der Waals surface area contributed by atoms with Gasteiger partial charge in [-0.05, 0) is 74.4 Å². The van der Waals surface area contributed by atoms with E-state index in [1.165, 1.54) is 16.8 Å². The van der Waals surface area contributed by atoms with E-state index < -0.39 is 5.91 Å². The van der Waals surface area contributed by atoms with E-state index in [-0.39, 0.29) is 11.4 Å². The molecule has 0 atom stereocenters. The maximum atomic E-state index is 12.7. The van der Waals surface area contributed by atoms with Crippen molar-refractivity contribution in [3.8, 4) is 5.69 Å². The van der Waals surface area contributed by atoms with Gasteiger partial charge >= 0.3 is 0 Å². The Hall–Kier alpha value is -2.35. The summed E-state index contributed by atoms with van der Waals surface area (Å²) in [6.07, 6.45) is 4.60. The number of aromatic nitrogens is 1. The van der Waals surface area contributed by atoms with Crippen molar-refractivity contribution in [3.63, 3.8) is 0 Å². The number of amidine groups is 2. The van der Waals surface area contributed by atoms with Crippen LogP contribution in [0, 0.1) is 19.3 Å². The summed E-state index contributed by atoms with van der Waals surface area (Å²) >= 11 is 13.7. The number of benzene rings is 1. The van der Waals surface area contributed by atoms with Crippen molar-refractivity contribution >= 4 is 63.0 Å². The highest BCUT2D eigenvalue weighted by molar-refractivity contribution is 8.26. The van der Waals surface area contributed by atoms with Crippen molar-refractivity contribution in [1.29, 1.82) is 5.41 Å². The summed E-state index contributed by atoms with van der Waals surface area (Å²) in [5, 5.41) is 17.0. The van der Waals surface area contributed by atoms with Gasteiger partial charge in [-0.3, -0.25) is 10.2 Å². The molecule has 0 spiro atoms. The molecule has 0 radical (unpaired) electrons. The Morgan fingerprint density at radius 3 is 2.55 bits per heavy atom. The second-order valence-corrected chi connectivity index (χ2v) is 9.32. The number of aryl methyl sites for hydroxylation is 1. The number of hydrogen-bond acceptors (Lipinski definition) is 4. The van der Waals surface area contributed by atoms with Crippen molar-refractivity contribution in [1.82, 2.24) is 9.58 Å². The number of fused-ring (bicyclic) bond motifs is 1. The van der Waals surface area contributed by atoms with Crippen LogP contribution in [-0.4, -0.2) is 31.5 Å². The molecule has 0 saturated carbocycles. The Morgan fingerprint density at radius 1 is 1.16 bits per heavy atom. The van der Waals surface area contributed by atoms with Crippen LogP contribution in [0.2, 0.25) is 10.0 Å². The molecule has 1 aromatic carbocycles. The first-order valence-corrected chi connectivity index (χ1v) is 11.5. The van der Waals surface area contributed by atoms with Gasteiger partial charge in [0.1, 0.15) is 5.04 Å². The molecule has 2 aromatic rings. The van der Waals surface area contributed by atoms with Crippen molar-refractivity contribution in [2.45, 2.75) is 40.0 Å². The third kappa shape index (κ3) is 4.22. The van der Waals surface area contributed by atoms with Gasteiger partial charge < -0.3 is 4.57 Å². The Labute approximate surface area is 195 Å². The SMILES string of the molecule is CCCCC1=NN2C(=N)/C(=C\c3cc(C)n(-c4cc(Cl)cc(Cl)c4)c3C)C(=O)N=C2S1. The fraction of sp³-hybridized carbons (Fsp3) is 0.273. The number of carbonyl (C=O) groups is 1. The molecule has 0 unspecified atom stereocenters. The molecule has 1 aromatic heterocycles. The molecule has 0 fully saturated rings. The number of hydrogen-bond donors (Lipinski definition) is 1. The van der Waals surface area contributed by atoms with Crippen molar-refractivity contribution in [2.75, 3.05) is 0 Å². The molecule has 2 aliphatic heterocycles. The minimum Gasteiger partial charge on any atom is -0.318 e. The maximum Gasteiger partial charge on any atom is 0.283 e. The van der Waals surface area contributed by atoms with Crippen LogP contribution in [0.3, 0.4) is 0 Å². The largest absolute Gasteiger partial charge is 0.318 e. The first-order valence-electron chi connectivity index (χ1n) is 9.93. The van der Waals surface area contributed by atoms with Gasteiger partial charge in [0.2, 0.25) is 5.17 Å². The van der Waals surface area contributed by atoms with Crippen LogP contribution in [0.4, 0.5) is 0 Å². The van der Waals surface area contributed by atoms with E-state index in [1.54, 1.807) is 12.1 Å². The number of amides is 1. The number of carbonyl (C=O) groups excluding carboxylic acids is 1. The fourth-order valence-corrected chi connectivity index (χ4v) is 5.06. The second kappa shape index (κ2) is 8.65. The smallest absolute Gasteiger partial charge is 0.283 e. The number of thioether (sulfide) groups is 1. The molecular weight excluding hydrogens is 453 g/mol. The number of halogens is 2. The molecule has 0 saturated heterocycles. The fourth-order valence-electron chi connectivity index (χ4n) is 3.62. The zero-order valence-corrected chi connectivity index (χ0v) is 19.7. The van der Waals surface area contributed by atoms with E-state index in [9.17, 15) is 4.79 Å². The molecule has 0 bridgehead atoms.